The van der Waals surface area contributed by atoms with Gasteiger partial charge in [-0.3, -0.25) is 4.90 Å². The van der Waals surface area contributed by atoms with E-state index in [4.69, 9.17) is 5.73 Å². The SMILES string of the molecule is CN(C)CC1CCCN1C(CN)CC(C)(C)C. The average molecular weight is 241 g/mol. The van der Waals surface area contributed by atoms with Crippen molar-refractivity contribution in [3.63, 3.8) is 0 Å². The fourth-order valence-corrected chi connectivity index (χ4v) is 3.00. The first-order valence-electron chi connectivity index (χ1n) is 6.94. The Bertz CT molecular complexity index is 220. The van der Waals surface area contributed by atoms with Gasteiger partial charge >= 0.3 is 0 Å². The molecule has 1 heterocycles. The Morgan fingerprint density at radius 2 is 2.00 bits per heavy atom. The lowest BCUT2D eigenvalue weighted by atomic mass is 9.87. The van der Waals surface area contributed by atoms with Crippen molar-refractivity contribution in [3.05, 3.63) is 0 Å². The van der Waals surface area contributed by atoms with Crippen molar-refractivity contribution in [2.45, 2.75) is 52.1 Å². The third kappa shape index (κ3) is 4.94. The summed E-state index contributed by atoms with van der Waals surface area (Å²) in [5, 5.41) is 0. The van der Waals surface area contributed by atoms with Crippen LogP contribution < -0.4 is 5.73 Å². The highest BCUT2D eigenvalue weighted by molar-refractivity contribution is 4.88. The molecule has 1 saturated heterocycles. The lowest BCUT2D eigenvalue weighted by Gasteiger charge is -2.37. The lowest BCUT2D eigenvalue weighted by Crippen LogP contribution is -2.48. The van der Waals surface area contributed by atoms with Crippen molar-refractivity contribution in [3.8, 4) is 0 Å². The van der Waals surface area contributed by atoms with E-state index in [1.165, 1.54) is 32.4 Å². The van der Waals surface area contributed by atoms with Gasteiger partial charge in [0.2, 0.25) is 0 Å². The van der Waals surface area contributed by atoms with Crippen molar-refractivity contribution in [1.82, 2.24) is 9.80 Å². The Hall–Kier alpha value is -0.120. The van der Waals surface area contributed by atoms with Crippen LogP contribution in [0.3, 0.4) is 0 Å². The monoisotopic (exact) mass is 241 g/mol. The van der Waals surface area contributed by atoms with Crippen molar-refractivity contribution in [1.29, 1.82) is 0 Å². The van der Waals surface area contributed by atoms with Crippen LogP contribution in [0.1, 0.15) is 40.0 Å². The molecule has 1 fully saturated rings. The van der Waals surface area contributed by atoms with Gasteiger partial charge in [0, 0.05) is 25.2 Å². The fraction of sp³-hybridized carbons (Fsp3) is 1.00. The molecule has 102 valence electrons. The summed E-state index contributed by atoms with van der Waals surface area (Å²) in [6.45, 7) is 10.1. The molecule has 3 heteroatoms. The van der Waals surface area contributed by atoms with Crippen molar-refractivity contribution >= 4 is 0 Å². The van der Waals surface area contributed by atoms with Gasteiger partial charge < -0.3 is 10.6 Å². The van der Waals surface area contributed by atoms with Crippen molar-refractivity contribution in [2.24, 2.45) is 11.1 Å². The van der Waals surface area contributed by atoms with Crippen LogP contribution in [0, 0.1) is 5.41 Å². The Morgan fingerprint density at radius 3 is 2.47 bits per heavy atom. The topological polar surface area (TPSA) is 32.5 Å². The van der Waals surface area contributed by atoms with E-state index < -0.39 is 0 Å². The molecule has 0 spiro atoms. The van der Waals surface area contributed by atoms with Gasteiger partial charge in [-0.25, -0.2) is 0 Å². The Kier molecular flexibility index (Phi) is 5.42. The van der Waals surface area contributed by atoms with E-state index >= 15 is 0 Å². The Morgan fingerprint density at radius 1 is 1.35 bits per heavy atom. The van der Waals surface area contributed by atoms with Crippen LogP contribution >= 0.6 is 0 Å². The molecule has 0 aliphatic carbocycles. The molecule has 3 nitrogen and oxygen atoms in total. The highest BCUT2D eigenvalue weighted by atomic mass is 15.2. The number of hydrogen-bond donors (Lipinski definition) is 1. The van der Waals surface area contributed by atoms with E-state index in [2.05, 4.69) is 44.7 Å². The maximum Gasteiger partial charge on any atom is 0.0226 e. The third-order valence-corrected chi connectivity index (χ3v) is 3.59. The minimum absolute atomic E-state index is 0.370. The normalized spacial score (nSPS) is 24.5. The van der Waals surface area contributed by atoms with Gasteiger partial charge in [-0.05, 0) is 45.3 Å². The molecule has 2 atom stereocenters. The first kappa shape index (κ1) is 14.9. The number of rotatable bonds is 5. The molecular formula is C14H31N3. The number of likely N-dealkylation sites (N-methyl/N-ethyl adjacent to an activating group) is 1. The van der Waals surface area contributed by atoms with Crippen molar-refractivity contribution in [2.75, 3.05) is 33.7 Å². The maximum atomic E-state index is 6.00. The summed E-state index contributed by atoms with van der Waals surface area (Å²) in [6, 6.07) is 1.27. The van der Waals surface area contributed by atoms with Crippen LogP contribution in [0.5, 0.6) is 0 Å². The molecule has 0 amide bonds. The van der Waals surface area contributed by atoms with Crippen LogP contribution in [-0.2, 0) is 0 Å². The third-order valence-electron chi connectivity index (χ3n) is 3.59. The van der Waals surface area contributed by atoms with Crippen LogP contribution in [0.25, 0.3) is 0 Å². The molecule has 2 unspecified atom stereocenters. The number of nitrogens with zero attached hydrogens (tertiary/aromatic N) is 2. The molecule has 1 rings (SSSR count). The van der Waals surface area contributed by atoms with E-state index in [9.17, 15) is 0 Å². The second kappa shape index (κ2) is 6.17. The zero-order valence-corrected chi connectivity index (χ0v) is 12.4. The molecule has 1 aliphatic heterocycles. The van der Waals surface area contributed by atoms with E-state index in [1.807, 2.05) is 0 Å². The highest BCUT2D eigenvalue weighted by Gasteiger charge is 2.32. The predicted octanol–water partition coefficient (Wildman–Crippen LogP) is 1.78. The van der Waals surface area contributed by atoms with E-state index in [0.29, 0.717) is 17.5 Å². The molecule has 0 aromatic heterocycles. The summed E-state index contributed by atoms with van der Waals surface area (Å²) in [6.07, 6.45) is 3.87. The summed E-state index contributed by atoms with van der Waals surface area (Å²) in [7, 11) is 4.33. The van der Waals surface area contributed by atoms with Crippen LogP contribution in [-0.4, -0.2) is 55.6 Å². The Labute approximate surface area is 107 Å². The van der Waals surface area contributed by atoms with Gasteiger partial charge in [0.05, 0.1) is 0 Å². The average Bonchev–Trinajstić information content (AvgIpc) is 2.60. The lowest BCUT2D eigenvalue weighted by molar-refractivity contribution is 0.122. The molecule has 2 N–H and O–H groups in total. The first-order chi connectivity index (χ1) is 7.83. The smallest absolute Gasteiger partial charge is 0.0226 e. The number of hydrogen-bond acceptors (Lipinski definition) is 3. The van der Waals surface area contributed by atoms with E-state index in [0.717, 1.165) is 6.54 Å². The molecule has 0 aromatic rings. The van der Waals surface area contributed by atoms with Gasteiger partial charge in [0.25, 0.3) is 0 Å². The van der Waals surface area contributed by atoms with Gasteiger partial charge in [0.1, 0.15) is 0 Å². The molecule has 17 heavy (non-hydrogen) atoms. The van der Waals surface area contributed by atoms with Gasteiger partial charge in [0.15, 0.2) is 0 Å². The number of nitrogens with two attached hydrogens (primary N) is 1. The minimum Gasteiger partial charge on any atom is -0.329 e. The maximum absolute atomic E-state index is 6.00. The van der Waals surface area contributed by atoms with Crippen LogP contribution in [0.4, 0.5) is 0 Å². The second-order valence-corrected chi connectivity index (χ2v) is 6.95. The van der Waals surface area contributed by atoms with Gasteiger partial charge in [-0.2, -0.15) is 0 Å². The summed E-state index contributed by atoms with van der Waals surface area (Å²) < 4.78 is 0. The van der Waals surface area contributed by atoms with E-state index in [1.54, 1.807) is 0 Å². The standard InChI is InChI=1S/C14H31N3/c1-14(2,3)9-13(10-15)17-8-6-7-12(17)11-16(4)5/h12-13H,6-11,15H2,1-5H3. The molecule has 0 bridgehead atoms. The van der Waals surface area contributed by atoms with Crippen LogP contribution in [0.2, 0.25) is 0 Å². The minimum atomic E-state index is 0.370. The second-order valence-electron chi connectivity index (χ2n) is 6.95. The fourth-order valence-electron chi connectivity index (χ4n) is 3.00. The molecule has 0 saturated carbocycles. The highest BCUT2D eigenvalue weighted by Crippen LogP contribution is 2.28. The summed E-state index contributed by atoms with van der Waals surface area (Å²) in [5.74, 6) is 0. The summed E-state index contributed by atoms with van der Waals surface area (Å²) in [4.78, 5) is 4.96. The quantitative estimate of drug-likeness (QED) is 0.796. The summed E-state index contributed by atoms with van der Waals surface area (Å²) >= 11 is 0. The zero-order valence-electron chi connectivity index (χ0n) is 12.4. The summed E-state index contributed by atoms with van der Waals surface area (Å²) in [5.41, 5.74) is 6.37. The molecule has 0 aromatic carbocycles. The molecular weight excluding hydrogens is 210 g/mol. The Balaban J connectivity index is 2.60. The van der Waals surface area contributed by atoms with Gasteiger partial charge in [-0.15, -0.1) is 0 Å². The number of likely N-dealkylation sites (tertiary alicyclic amines) is 1. The largest absolute Gasteiger partial charge is 0.329 e. The van der Waals surface area contributed by atoms with Gasteiger partial charge in [-0.1, -0.05) is 20.8 Å². The van der Waals surface area contributed by atoms with E-state index in [-0.39, 0.29) is 0 Å². The molecule has 0 radical (unpaired) electrons. The molecule has 1 aliphatic rings. The van der Waals surface area contributed by atoms with Crippen molar-refractivity contribution < 1.29 is 0 Å². The first-order valence-corrected chi connectivity index (χ1v) is 6.94. The van der Waals surface area contributed by atoms with Crippen LogP contribution in [0.15, 0.2) is 0 Å². The predicted molar refractivity (Wildman–Crippen MR) is 75.2 cm³/mol. The zero-order chi connectivity index (χ0) is 13.1.